The first kappa shape index (κ1) is 19.8. The van der Waals surface area contributed by atoms with Gasteiger partial charge in [0.1, 0.15) is 5.75 Å². The highest BCUT2D eigenvalue weighted by Gasteiger charge is 2.08. The van der Waals surface area contributed by atoms with Gasteiger partial charge < -0.3 is 15.2 Å². The molecule has 0 aromatic heterocycles. The van der Waals surface area contributed by atoms with Crippen LogP contribution in [0.3, 0.4) is 0 Å². The average molecular weight is 376 g/mol. The van der Waals surface area contributed by atoms with Gasteiger partial charge in [0.15, 0.2) is 0 Å². The molecule has 2 N–H and O–H groups in total. The van der Waals surface area contributed by atoms with Gasteiger partial charge in [0.25, 0.3) is 5.91 Å². The maximum Gasteiger partial charge on any atom is 0.303 e. The van der Waals surface area contributed by atoms with Crippen LogP contribution in [-0.2, 0) is 11.3 Å². The zero-order chi connectivity index (χ0) is 18.8. The van der Waals surface area contributed by atoms with E-state index in [1.54, 1.807) is 24.3 Å². The summed E-state index contributed by atoms with van der Waals surface area (Å²) in [4.78, 5) is 22.7. The van der Waals surface area contributed by atoms with E-state index in [1.807, 2.05) is 24.3 Å². The van der Waals surface area contributed by atoms with Crippen molar-refractivity contribution in [3.05, 3.63) is 64.7 Å². The number of ether oxygens (including phenoxy) is 1. The largest absolute Gasteiger partial charge is 0.493 e. The molecule has 0 fully saturated rings. The Morgan fingerprint density at radius 3 is 2.46 bits per heavy atom. The van der Waals surface area contributed by atoms with Crippen LogP contribution in [0.25, 0.3) is 0 Å². The summed E-state index contributed by atoms with van der Waals surface area (Å²) in [5.41, 5.74) is 1.44. The number of benzene rings is 2. The van der Waals surface area contributed by atoms with Gasteiger partial charge in [-0.1, -0.05) is 29.8 Å². The fourth-order valence-electron chi connectivity index (χ4n) is 2.41. The van der Waals surface area contributed by atoms with E-state index in [4.69, 9.17) is 21.4 Å². The molecule has 0 saturated heterocycles. The Balaban J connectivity index is 1.81. The Hall–Kier alpha value is -2.53. The molecule has 0 aliphatic rings. The lowest BCUT2D eigenvalue weighted by molar-refractivity contribution is -0.137. The minimum absolute atomic E-state index is 0.176. The van der Waals surface area contributed by atoms with Gasteiger partial charge in [-0.15, -0.1) is 0 Å². The number of hydrogen-bond donors (Lipinski definition) is 2. The van der Waals surface area contributed by atoms with Gasteiger partial charge in [0, 0.05) is 29.1 Å². The summed E-state index contributed by atoms with van der Waals surface area (Å²) in [6.07, 6.45) is 2.44. The van der Waals surface area contributed by atoms with Crippen LogP contribution in [0.15, 0.2) is 48.5 Å². The number of para-hydroxylation sites is 1. The number of carbonyl (C=O) groups is 2. The van der Waals surface area contributed by atoms with Crippen molar-refractivity contribution >= 4 is 23.5 Å². The fraction of sp³-hybridized carbons (Fsp3) is 0.300. The molecule has 0 bridgehead atoms. The van der Waals surface area contributed by atoms with E-state index in [2.05, 4.69) is 5.32 Å². The Morgan fingerprint density at radius 1 is 1.00 bits per heavy atom. The van der Waals surface area contributed by atoms with Crippen LogP contribution in [0.5, 0.6) is 5.75 Å². The molecule has 6 heteroatoms. The third-order valence-corrected chi connectivity index (χ3v) is 4.06. The molecule has 5 nitrogen and oxygen atoms in total. The standard InChI is InChI=1S/C20H22ClNO4/c21-17-11-9-15(10-12-17)20(25)22-14-16-6-3-4-7-18(16)26-13-5-1-2-8-19(23)24/h3-4,6-7,9-12H,1-2,5,8,13-14H2,(H,22,25)(H,23,24). The smallest absolute Gasteiger partial charge is 0.303 e. The maximum absolute atomic E-state index is 12.2. The molecular weight excluding hydrogens is 354 g/mol. The summed E-state index contributed by atoms with van der Waals surface area (Å²) in [6.45, 7) is 0.873. The number of carboxylic acid groups (broad SMARTS) is 1. The number of carboxylic acids is 1. The first-order valence-corrected chi connectivity index (χ1v) is 8.90. The quantitative estimate of drug-likeness (QED) is 0.607. The summed E-state index contributed by atoms with van der Waals surface area (Å²) in [7, 11) is 0. The lowest BCUT2D eigenvalue weighted by Gasteiger charge is -2.12. The van der Waals surface area contributed by atoms with Crippen LogP contribution in [0.1, 0.15) is 41.6 Å². The van der Waals surface area contributed by atoms with Crippen LogP contribution in [0.4, 0.5) is 0 Å². The van der Waals surface area contributed by atoms with Crippen molar-refractivity contribution in [2.45, 2.75) is 32.2 Å². The third-order valence-electron chi connectivity index (χ3n) is 3.81. The number of amides is 1. The molecule has 2 aromatic rings. The molecule has 2 rings (SSSR count). The van der Waals surface area contributed by atoms with Crippen molar-refractivity contribution in [2.75, 3.05) is 6.61 Å². The second kappa shape index (κ2) is 10.5. The van der Waals surface area contributed by atoms with E-state index in [0.29, 0.717) is 30.2 Å². The van der Waals surface area contributed by atoms with Crippen molar-refractivity contribution in [3.8, 4) is 5.75 Å². The zero-order valence-corrected chi connectivity index (χ0v) is 15.2. The molecule has 2 aromatic carbocycles. The van der Waals surface area contributed by atoms with Crippen LogP contribution in [0.2, 0.25) is 5.02 Å². The number of hydrogen-bond acceptors (Lipinski definition) is 3. The van der Waals surface area contributed by atoms with Gasteiger partial charge in [-0.3, -0.25) is 9.59 Å². The van der Waals surface area contributed by atoms with Crippen molar-refractivity contribution in [1.82, 2.24) is 5.32 Å². The van der Waals surface area contributed by atoms with Crippen LogP contribution >= 0.6 is 11.6 Å². The molecule has 0 atom stereocenters. The molecule has 0 aliphatic heterocycles. The Labute approximate surface area is 157 Å². The highest BCUT2D eigenvalue weighted by atomic mass is 35.5. The number of halogens is 1. The molecule has 0 heterocycles. The van der Waals surface area contributed by atoms with Crippen LogP contribution in [-0.4, -0.2) is 23.6 Å². The number of rotatable bonds is 10. The zero-order valence-electron chi connectivity index (χ0n) is 14.4. The average Bonchev–Trinajstić information content (AvgIpc) is 2.63. The lowest BCUT2D eigenvalue weighted by atomic mass is 10.1. The van der Waals surface area contributed by atoms with E-state index in [9.17, 15) is 9.59 Å². The molecule has 1 amide bonds. The summed E-state index contributed by atoms with van der Waals surface area (Å²) >= 11 is 5.83. The first-order valence-electron chi connectivity index (χ1n) is 8.52. The number of unbranched alkanes of at least 4 members (excludes halogenated alkanes) is 2. The summed E-state index contributed by atoms with van der Waals surface area (Å²) < 4.78 is 5.78. The van der Waals surface area contributed by atoms with Crippen molar-refractivity contribution < 1.29 is 19.4 Å². The summed E-state index contributed by atoms with van der Waals surface area (Å²) in [5.74, 6) is -0.222. The van der Waals surface area contributed by atoms with Gasteiger partial charge in [0.2, 0.25) is 0 Å². The number of aliphatic carboxylic acids is 1. The topological polar surface area (TPSA) is 75.6 Å². The third kappa shape index (κ3) is 6.76. The van der Waals surface area contributed by atoms with Gasteiger partial charge in [-0.25, -0.2) is 0 Å². The van der Waals surface area contributed by atoms with Gasteiger partial charge in [-0.05, 0) is 49.6 Å². The molecule has 138 valence electrons. The molecule has 0 aliphatic carbocycles. The Kier molecular flexibility index (Phi) is 7.96. The van der Waals surface area contributed by atoms with Gasteiger partial charge >= 0.3 is 5.97 Å². The molecule has 0 unspecified atom stereocenters. The number of nitrogens with one attached hydrogen (secondary N) is 1. The van der Waals surface area contributed by atoms with Crippen LogP contribution < -0.4 is 10.1 Å². The minimum Gasteiger partial charge on any atom is -0.493 e. The summed E-state index contributed by atoms with van der Waals surface area (Å²) in [5, 5.41) is 12.1. The Bertz CT molecular complexity index is 731. The van der Waals surface area contributed by atoms with Crippen molar-refractivity contribution in [3.63, 3.8) is 0 Å². The highest BCUT2D eigenvalue weighted by Crippen LogP contribution is 2.18. The van der Waals surface area contributed by atoms with E-state index >= 15 is 0 Å². The second-order valence-corrected chi connectivity index (χ2v) is 6.29. The number of carbonyl (C=O) groups excluding carboxylic acids is 1. The SMILES string of the molecule is O=C(O)CCCCCOc1ccccc1CNC(=O)c1ccc(Cl)cc1. The van der Waals surface area contributed by atoms with E-state index in [-0.39, 0.29) is 12.3 Å². The monoisotopic (exact) mass is 375 g/mol. The van der Waals surface area contributed by atoms with Crippen molar-refractivity contribution in [1.29, 1.82) is 0 Å². The maximum atomic E-state index is 12.2. The van der Waals surface area contributed by atoms with E-state index in [0.717, 1.165) is 24.2 Å². The van der Waals surface area contributed by atoms with Gasteiger partial charge in [-0.2, -0.15) is 0 Å². The lowest BCUT2D eigenvalue weighted by Crippen LogP contribution is -2.23. The molecule has 0 saturated carbocycles. The first-order chi connectivity index (χ1) is 12.6. The van der Waals surface area contributed by atoms with E-state index in [1.165, 1.54) is 0 Å². The van der Waals surface area contributed by atoms with E-state index < -0.39 is 5.97 Å². The predicted octanol–water partition coefficient (Wildman–Crippen LogP) is 4.29. The normalized spacial score (nSPS) is 10.3. The van der Waals surface area contributed by atoms with Gasteiger partial charge in [0.05, 0.1) is 6.61 Å². The highest BCUT2D eigenvalue weighted by molar-refractivity contribution is 6.30. The fourth-order valence-corrected chi connectivity index (χ4v) is 2.53. The molecule has 26 heavy (non-hydrogen) atoms. The minimum atomic E-state index is -0.771. The second-order valence-electron chi connectivity index (χ2n) is 5.85. The summed E-state index contributed by atoms with van der Waals surface area (Å²) in [6, 6.07) is 14.3. The molecular formula is C20H22ClNO4. The molecule has 0 radical (unpaired) electrons. The van der Waals surface area contributed by atoms with Crippen molar-refractivity contribution in [2.24, 2.45) is 0 Å². The predicted molar refractivity (Wildman–Crippen MR) is 101 cm³/mol. The molecule has 0 spiro atoms. The Morgan fingerprint density at radius 2 is 1.73 bits per heavy atom. The van der Waals surface area contributed by atoms with Crippen LogP contribution in [0, 0.1) is 0 Å².